The number of amides is 1. The molecule has 1 heterocycles. The van der Waals surface area contributed by atoms with E-state index in [1.165, 1.54) is 17.3 Å². The number of ether oxygens (including phenoxy) is 2. The van der Waals surface area contributed by atoms with Crippen molar-refractivity contribution in [3.05, 3.63) is 65.0 Å². The van der Waals surface area contributed by atoms with Gasteiger partial charge >= 0.3 is 5.97 Å². The molecule has 1 N–H and O–H groups in total. The number of aromatic nitrogens is 3. The van der Waals surface area contributed by atoms with Gasteiger partial charge in [0.15, 0.2) is 11.0 Å². The summed E-state index contributed by atoms with van der Waals surface area (Å²) in [5.74, 6) is 1.14. The van der Waals surface area contributed by atoms with Gasteiger partial charge in [-0.1, -0.05) is 23.9 Å². The monoisotopic (exact) mass is 468 g/mol. The molecule has 0 aliphatic rings. The van der Waals surface area contributed by atoms with Crippen molar-refractivity contribution in [1.29, 1.82) is 0 Å². The lowest BCUT2D eigenvalue weighted by atomic mass is 10.1. The number of carbonyl (C=O) groups excluding carboxylic acids is 2. The fraction of sp³-hybridized carbons (Fsp3) is 0.333. The van der Waals surface area contributed by atoms with Crippen LogP contribution in [0.4, 0.5) is 5.69 Å². The van der Waals surface area contributed by atoms with Gasteiger partial charge in [0.25, 0.3) is 0 Å². The zero-order chi connectivity index (χ0) is 23.8. The predicted octanol–water partition coefficient (Wildman–Crippen LogP) is 4.40. The van der Waals surface area contributed by atoms with Crippen LogP contribution in [0.5, 0.6) is 5.75 Å². The van der Waals surface area contributed by atoms with E-state index in [4.69, 9.17) is 9.47 Å². The number of aryl methyl sites for hydroxylation is 1. The fourth-order valence-corrected chi connectivity index (χ4v) is 3.93. The van der Waals surface area contributed by atoms with E-state index in [0.29, 0.717) is 42.0 Å². The molecule has 2 aromatic carbocycles. The first-order chi connectivity index (χ1) is 15.9. The Kier molecular flexibility index (Phi) is 8.48. The standard InChI is InChI=1S/C24H28N4O4S/c1-5-28-21(14-32-20-9-7-8-16(3)17(20)4)26-27-24(28)33-15-22(29)25-19-12-10-18(11-13-19)23(30)31-6-2/h7-13H,5-6,14-15H2,1-4H3,(H,25,29). The normalized spacial score (nSPS) is 10.7. The maximum Gasteiger partial charge on any atom is 0.338 e. The Labute approximate surface area is 197 Å². The Morgan fingerprint density at radius 1 is 1.06 bits per heavy atom. The number of esters is 1. The lowest BCUT2D eigenvalue weighted by molar-refractivity contribution is -0.113. The highest BCUT2D eigenvalue weighted by atomic mass is 32.2. The van der Waals surface area contributed by atoms with E-state index in [9.17, 15) is 9.59 Å². The van der Waals surface area contributed by atoms with Crippen molar-refractivity contribution in [2.75, 3.05) is 17.7 Å². The van der Waals surface area contributed by atoms with E-state index in [1.807, 2.05) is 43.5 Å². The van der Waals surface area contributed by atoms with Gasteiger partial charge in [0.2, 0.25) is 5.91 Å². The molecule has 33 heavy (non-hydrogen) atoms. The molecule has 0 radical (unpaired) electrons. The first kappa shape index (κ1) is 24.3. The molecular formula is C24H28N4O4S. The second kappa shape index (κ2) is 11.5. The molecule has 0 unspecified atom stereocenters. The van der Waals surface area contributed by atoms with Crippen LogP contribution in [0, 0.1) is 13.8 Å². The molecule has 0 saturated heterocycles. The SMILES string of the molecule is CCOC(=O)c1ccc(NC(=O)CSc2nnc(COc3cccc(C)c3C)n2CC)cc1. The number of rotatable bonds is 10. The molecule has 174 valence electrons. The molecule has 0 saturated carbocycles. The average molecular weight is 469 g/mol. The first-order valence-electron chi connectivity index (χ1n) is 10.7. The summed E-state index contributed by atoms with van der Waals surface area (Å²) in [7, 11) is 0. The highest BCUT2D eigenvalue weighted by Crippen LogP contribution is 2.23. The molecule has 1 aromatic heterocycles. The summed E-state index contributed by atoms with van der Waals surface area (Å²) >= 11 is 1.31. The molecule has 3 aromatic rings. The summed E-state index contributed by atoms with van der Waals surface area (Å²) in [5.41, 5.74) is 3.31. The average Bonchev–Trinajstić information content (AvgIpc) is 3.21. The fourth-order valence-electron chi connectivity index (χ4n) is 3.10. The number of nitrogens with one attached hydrogen (secondary N) is 1. The first-order valence-corrected chi connectivity index (χ1v) is 11.7. The zero-order valence-corrected chi connectivity index (χ0v) is 20.1. The van der Waals surface area contributed by atoms with Crippen LogP contribution in [0.3, 0.4) is 0 Å². The number of hydrogen-bond acceptors (Lipinski definition) is 7. The minimum absolute atomic E-state index is 0.176. The van der Waals surface area contributed by atoms with E-state index in [1.54, 1.807) is 31.2 Å². The van der Waals surface area contributed by atoms with Crippen molar-refractivity contribution in [3.8, 4) is 5.75 Å². The van der Waals surface area contributed by atoms with Crippen molar-refractivity contribution in [2.45, 2.75) is 46.0 Å². The Bertz CT molecular complexity index is 1110. The molecule has 0 bridgehead atoms. The van der Waals surface area contributed by atoms with Gasteiger partial charge in [-0.15, -0.1) is 10.2 Å². The summed E-state index contributed by atoms with van der Waals surface area (Å²) in [4.78, 5) is 24.1. The van der Waals surface area contributed by atoms with Crippen LogP contribution in [0.1, 0.15) is 41.2 Å². The van der Waals surface area contributed by atoms with Gasteiger partial charge in [0, 0.05) is 12.2 Å². The van der Waals surface area contributed by atoms with Crippen molar-refractivity contribution in [1.82, 2.24) is 14.8 Å². The van der Waals surface area contributed by atoms with Crippen molar-refractivity contribution < 1.29 is 19.1 Å². The zero-order valence-electron chi connectivity index (χ0n) is 19.3. The highest BCUT2D eigenvalue weighted by Gasteiger charge is 2.15. The van der Waals surface area contributed by atoms with Crippen LogP contribution in [0.2, 0.25) is 0 Å². The van der Waals surface area contributed by atoms with E-state index in [2.05, 4.69) is 15.5 Å². The quantitative estimate of drug-likeness (QED) is 0.348. The summed E-state index contributed by atoms with van der Waals surface area (Å²) < 4.78 is 12.9. The molecule has 8 nitrogen and oxygen atoms in total. The van der Waals surface area contributed by atoms with E-state index < -0.39 is 0 Å². The summed E-state index contributed by atoms with van der Waals surface area (Å²) in [6, 6.07) is 12.5. The summed E-state index contributed by atoms with van der Waals surface area (Å²) in [6.07, 6.45) is 0. The number of anilines is 1. The predicted molar refractivity (Wildman–Crippen MR) is 128 cm³/mol. The third-order valence-corrected chi connectivity index (χ3v) is 6.00. The third kappa shape index (κ3) is 6.35. The third-order valence-electron chi connectivity index (χ3n) is 5.03. The van der Waals surface area contributed by atoms with Crippen molar-refractivity contribution in [3.63, 3.8) is 0 Å². The maximum absolute atomic E-state index is 12.4. The Morgan fingerprint density at radius 3 is 2.52 bits per heavy atom. The van der Waals surface area contributed by atoms with Gasteiger partial charge in [0.05, 0.1) is 17.9 Å². The number of thioether (sulfide) groups is 1. The van der Waals surface area contributed by atoms with Gasteiger partial charge in [-0.2, -0.15) is 0 Å². The van der Waals surface area contributed by atoms with Crippen LogP contribution < -0.4 is 10.1 Å². The van der Waals surface area contributed by atoms with Crippen LogP contribution in [-0.4, -0.2) is 39.0 Å². The second-order valence-corrected chi connectivity index (χ2v) is 8.21. The summed E-state index contributed by atoms with van der Waals surface area (Å²) in [5, 5.41) is 12.0. The number of nitrogens with zero attached hydrogens (tertiary/aromatic N) is 3. The minimum Gasteiger partial charge on any atom is -0.485 e. The van der Waals surface area contributed by atoms with Gasteiger partial charge in [0.1, 0.15) is 12.4 Å². The minimum atomic E-state index is -0.387. The van der Waals surface area contributed by atoms with Gasteiger partial charge < -0.3 is 19.4 Å². The van der Waals surface area contributed by atoms with Crippen molar-refractivity contribution in [2.24, 2.45) is 0 Å². The molecule has 0 spiro atoms. The number of hydrogen-bond donors (Lipinski definition) is 1. The molecule has 1 amide bonds. The van der Waals surface area contributed by atoms with Crippen LogP contribution in [-0.2, 0) is 22.7 Å². The van der Waals surface area contributed by atoms with E-state index >= 15 is 0 Å². The number of carbonyl (C=O) groups is 2. The van der Waals surface area contributed by atoms with Crippen molar-refractivity contribution >= 4 is 29.3 Å². The van der Waals surface area contributed by atoms with E-state index in [0.717, 1.165) is 11.3 Å². The Hall–Kier alpha value is -3.33. The van der Waals surface area contributed by atoms with Gasteiger partial charge in [-0.05, 0) is 69.2 Å². The topological polar surface area (TPSA) is 95.3 Å². The lowest BCUT2D eigenvalue weighted by Crippen LogP contribution is -2.15. The van der Waals surface area contributed by atoms with Crippen LogP contribution in [0.15, 0.2) is 47.6 Å². The molecule has 0 atom stereocenters. The van der Waals surface area contributed by atoms with Gasteiger partial charge in [-0.25, -0.2) is 4.79 Å². The largest absolute Gasteiger partial charge is 0.485 e. The molecular weight excluding hydrogens is 440 g/mol. The molecule has 9 heteroatoms. The number of benzene rings is 2. The molecule has 0 aliphatic carbocycles. The van der Waals surface area contributed by atoms with Crippen LogP contribution >= 0.6 is 11.8 Å². The summed E-state index contributed by atoms with van der Waals surface area (Å²) in [6.45, 7) is 9.11. The Morgan fingerprint density at radius 2 is 1.82 bits per heavy atom. The smallest absolute Gasteiger partial charge is 0.338 e. The Balaban J connectivity index is 1.55. The molecule has 0 fully saturated rings. The second-order valence-electron chi connectivity index (χ2n) is 7.26. The molecule has 0 aliphatic heterocycles. The molecule has 3 rings (SSSR count). The van der Waals surface area contributed by atoms with Crippen LogP contribution in [0.25, 0.3) is 0 Å². The lowest BCUT2D eigenvalue weighted by Gasteiger charge is -2.11. The van der Waals surface area contributed by atoms with E-state index in [-0.39, 0.29) is 17.6 Å². The highest BCUT2D eigenvalue weighted by molar-refractivity contribution is 7.99. The maximum atomic E-state index is 12.4. The van der Waals surface area contributed by atoms with Gasteiger partial charge in [-0.3, -0.25) is 4.79 Å².